The number of hydrogen-bond acceptors (Lipinski definition) is 6. The van der Waals surface area contributed by atoms with Crippen molar-refractivity contribution in [2.24, 2.45) is 0 Å². The highest BCUT2D eigenvalue weighted by Gasteiger charge is 2.39. The second-order valence-electron chi connectivity index (χ2n) is 10.5. The number of aliphatic hydroxyl groups excluding tert-OH is 1. The number of rotatable bonds is 8. The van der Waals surface area contributed by atoms with Gasteiger partial charge in [-0.2, -0.15) is 0 Å². The van der Waals surface area contributed by atoms with Crippen LogP contribution in [0.15, 0.2) is 53.1 Å². The van der Waals surface area contributed by atoms with Crippen LogP contribution in [0.2, 0.25) is 0 Å². The quantitative estimate of drug-likeness (QED) is 0.350. The summed E-state index contributed by atoms with van der Waals surface area (Å²) in [4.78, 5) is 24.0. The van der Waals surface area contributed by atoms with Crippen molar-refractivity contribution in [1.29, 1.82) is 0 Å². The predicted octanol–water partition coefficient (Wildman–Crippen LogP) is 5.17. The summed E-state index contributed by atoms with van der Waals surface area (Å²) in [6.07, 6.45) is 5.64. The number of nitrogens with zero attached hydrogens (tertiary/aromatic N) is 3. The van der Waals surface area contributed by atoms with Crippen LogP contribution in [-0.2, 0) is 23.1 Å². The van der Waals surface area contributed by atoms with E-state index in [0.717, 1.165) is 71.6 Å². The standard InChI is InChI=1S/C29H34BrN5O2/c1-29(2)26-20(5-3-7-25(26)33-27(29)37)10-13-24-23(30)17-31-28(34-24)32-22-11-8-19(9-12-22)21-6-4-14-35(18-21)15-16-36/h3,5,7-9,11-12,17,21,36H,4,6,10,13-16,18H2,1-2H3,(H,33,37)(H,31,32,34). The molecule has 37 heavy (non-hydrogen) atoms. The van der Waals surface area contributed by atoms with Crippen LogP contribution in [0, 0.1) is 0 Å². The summed E-state index contributed by atoms with van der Waals surface area (Å²) in [5.41, 5.74) is 5.83. The lowest BCUT2D eigenvalue weighted by atomic mass is 9.82. The molecular weight excluding hydrogens is 530 g/mol. The fraction of sp³-hybridized carbons (Fsp3) is 0.414. The summed E-state index contributed by atoms with van der Waals surface area (Å²) < 4.78 is 0.874. The maximum Gasteiger partial charge on any atom is 0.234 e. The van der Waals surface area contributed by atoms with E-state index in [-0.39, 0.29) is 12.5 Å². The lowest BCUT2D eigenvalue weighted by Gasteiger charge is -2.32. The maximum absolute atomic E-state index is 12.4. The van der Waals surface area contributed by atoms with Crippen LogP contribution in [0.3, 0.4) is 0 Å². The summed E-state index contributed by atoms with van der Waals surface area (Å²) in [7, 11) is 0. The van der Waals surface area contributed by atoms with Crippen molar-refractivity contribution < 1.29 is 9.90 Å². The van der Waals surface area contributed by atoms with Gasteiger partial charge >= 0.3 is 0 Å². The summed E-state index contributed by atoms with van der Waals surface area (Å²) in [6, 6.07) is 14.6. The Kier molecular flexibility index (Phi) is 7.60. The van der Waals surface area contributed by atoms with Crippen molar-refractivity contribution in [2.45, 2.75) is 50.9 Å². The third-order valence-corrected chi connectivity index (χ3v) is 8.26. The Morgan fingerprint density at radius 2 is 2.00 bits per heavy atom. The van der Waals surface area contributed by atoms with Gasteiger partial charge < -0.3 is 20.6 Å². The van der Waals surface area contributed by atoms with Gasteiger partial charge in [-0.1, -0.05) is 24.3 Å². The number of carbonyl (C=O) groups excluding carboxylic acids is 1. The molecular formula is C29H34BrN5O2. The lowest BCUT2D eigenvalue weighted by molar-refractivity contribution is -0.119. The average molecular weight is 565 g/mol. The highest BCUT2D eigenvalue weighted by molar-refractivity contribution is 9.10. The summed E-state index contributed by atoms with van der Waals surface area (Å²) in [5, 5.41) is 15.6. The molecule has 0 bridgehead atoms. The molecule has 2 aliphatic rings. The van der Waals surface area contributed by atoms with Crippen molar-refractivity contribution >= 4 is 39.2 Å². The van der Waals surface area contributed by atoms with E-state index >= 15 is 0 Å². The molecule has 2 aromatic carbocycles. The SMILES string of the molecule is CC1(C)C(=O)Nc2cccc(CCc3nc(Nc4ccc(C5CCCN(CCO)C5)cc4)ncc3Br)c21. The number of likely N-dealkylation sites (tertiary alicyclic amines) is 1. The maximum atomic E-state index is 12.4. The molecule has 1 fully saturated rings. The van der Waals surface area contributed by atoms with Gasteiger partial charge in [-0.15, -0.1) is 0 Å². The topological polar surface area (TPSA) is 90.4 Å². The van der Waals surface area contributed by atoms with E-state index in [1.165, 1.54) is 12.0 Å². The van der Waals surface area contributed by atoms with Crippen molar-refractivity contribution in [1.82, 2.24) is 14.9 Å². The Hall–Kier alpha value is -2.81. The number of benzene rings is 2. The van der Waals surface area contributed by atoms with E-state index in [1.807, 2.05) is 26.0 Å². The number of halogens is 1. The number of anilines is 3. The van der Waals surface area contributed by atoms with E-state index in [9.17, 15) is 9.90 Å². The molecule has 0 radical (unpaired) electrons. The second-order valence-corrected chi connectivity index (χ2v) is 11.4. The first-order valence-electron chi connectivity index (χ1n) is 13.0. The molecule has 1 atom stereocenters. The zero-order valence-corrected chi connectivity index (χ0v) is 23.0. The van der Waals surface area contributed by atoms with Gasteiger partial charge in [0.1, 0.15) is 0 Å². The van der Waals surface area contributed by atoms with Crippen molar-refractivity contribution in [3.63, 3.8) is 0 Å². The Morgan fingerprint density at radius 1 is 1.19 bits per heavy atom. The summed E-state index contributed by atoms with van der Waals surface area (Å²) in [6.45, 7) is 6.99. The normalized spacial score (nSPS) is 18.9. The molecule has 1 amide bonds. The van der Waals surface area contributed by atoms with E-state index in [2.05, 4.69) is 66.8 Å². The van der Waals surface area contributed by atoms with Crippen LogP contribution < -0.4 is 10.6 Å². The van der Waals surface area contributed by atoms with Crippen LogP contribution in [0.1, 0.15) is 55.0 Å². The van der Waals surface area contributed by atoms with Gasteiger partial charge in [0.25, 0.3) is 0 Å². The van der Waals surface area contributed by atoms with Crippen LogP contribution in [0.4, 0.5) is 17.3 Å². The molecule has 2 aliphatic heterocycles. The van der Waals surface area contributed by atoms with Crippen LogP contribution in [0.5, 0.6) is 0 Å². The van der Waals surface area contributed by atoms with Crippen LogP contribution >= 0.6 is 15.9 Å². The highest BCUT2D eigenvalue weighted by atomic mass is 79.9. The average Bonchev–Trinajstić information content (AvgIpc) is 3.13. The number of hydrogen-bond donors (Lipinski definition) is 3. The van der Waals surface area contributed by atoms with Gasteiger partial charge in [0.2, 0.25) is 11.9 Å². The fourth-order valence-corrected chi connectivity index (χ4v) is 5.96. The number of β-amino-alcohol motifs (C(OH)–C–C–N with tert-alkyl or cyclic N) is 1. The summed E-state index contributed by atoms with van der Waals surface area (Å²) >= 11 is 3.61. The molecule has 1 unspecified atom stereocenters. The molecule has 0 aliphatic carbocycles. The first kappa shape index (κ1) is 25.8. The van der Waals surface area contributed by atoms with E-state index in [4.69, 9.17) is 4.98 Å². The van der Waals surface area contributed by atoms with Crippen molar-refractivity contribution in [3.8, 4) is 0 Å². The third kappa shape index (κ3) is 5.56. The van der Waals surface area contributed by atoms with Gasteiger partial charge in [0.15, 0.2) is 0 Å². The molecule has 3 N–H and O–H groups in total. The summed E-state index contributed by atoms with van der Waals surface area (Å²) in [5.74, 6) is 1.11. The molecule has 8 heteroatoms. The molecule has 1 saturated heterocycles. The monoisotopic (exact) mass is 563 g/mol. The largest absolute Gasteiger partial charge is 0.395 e. The Morgan fingerprint density at radius 3 is 2.78 bits per heavy atom. The Bertz CT molecular complexity index is 1280. The predicted molar refractivity (Wildman–Crippen MR) is 150 cm³/mol. The van der Waals surface area contributed by atoms with E-state index < -0.39 is 5.41 Å². The highest BCUT2D eigenvalue weighted by Crippen LogP contribution is 2.40. The fourth-order valence-electron chi connectivity index (χ4n) is 5.57. The number of carbonyl (C=O) groups is 1. The third-order valence-electron chi connectivity index (χ3n) is 7.60. The molecule has 1 aromatic heterocycles. The smallest absolute Gasteiger partial charge is 0.234 e. The number of aryl methyl sites for hydroxylation is 2. The van der Waals surface area contributed by atoms with E-state index in [0.29, 0.717) is 11.9 Å². The molecule has 194 valence electrons. The van der Waals surface area contributed by atoms with Crippen LogP contribution in [0.25, 0.3) is 0 Å². The lowest BCUT2D eigenvalue weighted by Crippen LogP contribution is -2.36. The van der Waals surface area contributed by atoms with Gasteiger partial charge in [-0.25, -0.2) is 9.97 Å². The van der Waals surface area contributed by atoms with Gasteiger partial charge in [-0.05, 0) is 103 Å². The van der Waals surface area contributed by atoms with Crippen molar-refractivity contribution in [2.75, 3.05) is 36.9 Å². The second kappa shape index (κ2) is 10.9. The Labute approximate surface area is 226 Å². The minimum Gasteiger partial charge on any atom is -0.395 e. The number of nitrogens with one attached hydrogen (secondary N) is 2. The molecule has 0 saturated carbocycles. The van der Waals surface area contributed by atoms with Gasteiger partial charge in [0.05, 0.1) is 22.2 Å². The molecule has 5 rings (SSSR count). The van der Waals surface area contributed by atoms with Gasteiger partial charge in [-0.3, -0.25) is 4.79 Å². The minimum absolute atomic E-state index is 0.0432. The zero-order valence-electron chi connectivity index (χ0n) is 21.4. The first-order chi connectivity index (χ1) is 17.8. The number of amides is 1. The number of fused-ring (bicyclic) bond motifs is 1. The zero-order chi connectivity index (χ0) is 26.0. The number of piperidine rings is 1. The number of aromatic nitrogens is 2. The van der Waals surface area contributed by atoms with Gasteiger partial charge in [0, 0.05) is 30.7 Å². The number of aliphatic hydroxyl groups is 1. The van der Waals surface area contributed by atoms with E-state index in [1.54, 1.807) is 6.20 Å². The Balaban J connectivity index is 1.26. The first-order valence-corrected chi connectivity index (χ1v) is 13.8. The minimum atomic E-state index is -0.539. The van der Waals surface area contributed by atoms with Crippen LogP contribution in [-0.4, -0.2) is 52.1 Å². The molecule has 7 nitrogen and oxygen atoms in total. The molecule has 3 heterocycles. The molecule has 3 aromatic rings. The molecule has 0 spiro atoms. The van der Waals surface area contributed by atoms with Crippen molar-refractivity contribution in [3.05, 3.63) is 75.5 Å².